The third-order valence-electron chi connectivity index (χ3n) is 3.88. The van der Waals surface area contributed by atoms with E-state index >= 15 is 0 Å². The summed E-state index contributed by atoms with van der Waals surface area (Å²) >= 11 is 0. The molecule has 140 valence electrons. The molecular weight excluding hydrogens is 353 g/mol. The Morgan fingerprint density at radius 1 is 1.26 bits per heavy atom. The fourth-order valence-electron chi connectivity index (χ4n) is 2.61. The molecule has 10 heteroatoms. The van der Waals surface area contributed by atoms with Crippen molar-refractivity contribution in [3.8, 4) is 0 Å². The van der Waals surface area contributed by atoms with E-state index in [1.807, 2.05) is 6.08 Å². The lowest BCUT2D eigenvalue weighted by Gasteiger charge is -2.27. The molecule has 0 saturated heterocycles. The van der Waals surface area contributed by atoms with Crippen molar-refractivity contribution in [2.45, 2.75) is 13.0 Å². The van der Waals surface area contributed by atoms with Gasteiger partial charge in [0.1, 0.15) is 6.61 Å². The average molecular weight is 371 g/mol. The normalized spacial score (nSPS) is 13.7. The van der Waals surface area contributed by atoms with Gasteiger partial charge in [-0.1, -0.05) is 6.08 Å². The molecule has 3 rings (SSSR count). The molecule has 1 aliphatic rings. The van der Waals surface area contributed by atoms with E-state index in [2.05, 4.69) is 19.9 Å². The molecule has 9 nitrogen and oxygen atoms in total. The minimum Gasteiger partial charge on any atom is -0.443 e. The van der Waals surface area contributed by atoms with Crippen molar-refractivity contribution < 1.29 is 13.9 Å². The molecule has 0 saturated carbocycles. The van der Waals surface area contributed by atoms with E-state index in [4.69, 9.17) is 16.2 Å². The second-order valence-electron chi connectivity index (χ2n) is 5.70. The number of hydrogen-bond acceptors (Lipinski definition) is 6. The van der Waals surface area contributed by atoms with E-state index in [1.54, 1.807) is 23.4 Å². The third-order valence-corrected chi connectivity index (χ3v) is 3.88. The largest absolute Gasteiger partial charge is 0.443 e. The Balaban J connectivity index is 1.70. The highest BCUT2D eigenvalue weighted by Crippen LogP contribution is 2.25. The van der Waals surface area contributed by atoms with Crippen LogP contribution in [0.1, 0.15) is 17.8 Å². The fraction of sp³-hybridized carbons (Fsp3) is 0.235. The Kier molecular flexibility index (Phi) is 5.55. The van der Waals surface area contributed by atoms with Gasteiger partial charge in [0, 0.05) is 37.2 Å². The van der Waals surface area contributed by atoms with E-state index < -0.39 is 17.9 Å². The van der Waals surface area contributed by atoms with Crippen molar-refractivity contribution in [1.29, 1.82) is 0 Å². The summed E-state index contributed by atoms with van der Waals surface area (Å²) in [5, 5.41) is 0. The number of aliphatic imine (C=N–C) groups is 1. The highest BCUT2D eigenvalue weighted by atomic mass is 19.1. The van der Waals surface area contributed by atoms with Crippen molar-refractivity contribution in [1.82, 2.24) is 15.0 Å². The molecule has 0 aliphatic carbocycles. The molecule has 1 amide bonds. The van der Waals surface area contributed by atoms with Crippen LogP contribution in [-0.4, -0.2) is 40.1 Å². The predicted octanol–water partition coefficient (Wildman–Crippen LogP) is 1.21. The standard InChI is InChI=1S/C17H18FN7O2/c18-13-12(10-27-17(26)24-16(19)20)2-7-23-15(13)25-8-3-11(4-9-25)14-21-5-1-6-22-14/h1-3,5-7H,4,8-10H2,(H4,19,20,24,26). The molecule has 0 bridgehead atoms. The van der Waals surface area contributed by atoms with Gasteiger partial charge in [0.05, 0.1) is 0 Å². The highest BCUT2D eigenvalue weighted by molar-refractivity contribution is 5.87. The van der Waals surface area contributed by atoms with Crippen molar-refractivity contribution in [2.75, 3.05) is 18.0 Å². The monoisotopic (exact) mass is 371 g/mol. The van der Waals surface area contributed by atoms with Gasteiger partial charge in [0.15, 0.2) is 23.4 Å². The van der Waals surface area contributed by atoms with E-state index in [0.717, 1.165) is 5.57 Å². The number of hydrogen-bond donors (Lipinski definition) is 2. The average Bonchev–Trinajstić information content (AvgIpc) is 2.67. The lowest BCUT2D eigenvalue weighted by Crippen LogP contribution is -2.30. The molecule has 4 N–H and O–H groups in total. The number of rotatable bonds is 4. The van der Waals surface area contributed by atoms with Gasteiger partial charge in [0.2, 0.25) is 0 Å². The molecule has 2 aromatic heterocycles. The number of nitrogens with zero attached hydrogens (tertiary/aromatic N) is 5. The lowest BCUT2D eigenvalue weighted by atomic mass is 10.1. The molecule has 2 aromatic rings. The van der Waals surface area contributed by atoms with Crippen molar-refractivity contribution in [2.24, 2.45) is 16.5 Å². The number of amides is 1. The molecule has 3 heterocycles. The maximum Gasteiger partial charge on any atom is 0.437 e. The first kappa shape index (κ1) is 18.2. The van der Waals surface area contributed by atoms with Crippen LogP contribution in [0.25, 0.3) is 5.57 Å². The SMILES string of the molecule is NC(N)=NC(=O)OCc1ccnc(N2CC=C(c3ncccn3)CC2)c1F. The zero-order chi connectivity index (χ0) is 19.2. The minimum absolute atomic E-state index is 0.181. The van der Waals surface area contributed by atoms with E-state index in [0.29, 0.717) is 25.3 Å². The Morgan fingerprint density at radius 2 is 2.04 bits per heavy atom. The molecule has 0 spiro atoms. The maximum absolute atomic E-state index is 14.8. The molecule has 0 unspecified atom stereocenters. The quantitative estimate of drug-likeness (QED) is 0.605. The molecule has 0 aromatic carbocycles. The number of pyridine rings is 1. The molecule has 0 atom stereocenters. The number of aromatic nitrogens is 3. The maximum atomic E-state index is 14.8. The fourth-order valence-corrected chi connectivity index (χ4v) is 2.61. The van der Waals surface area contributed by atoms with Gasteiger partial charge in [-0.15, -0.1) is 4.99 Å². The van der Waals surface area contributed by atoms with Crippen LogP contribution in [0.4, 0.5) is 15.0 Å². The predicted molar refractivity (Wildman–Crippen MR) is 97.0 cm³/mol. The number of ether oxygens (including phenoxy) is 1. The smallest absolute Gasteiger partial charge is 0.437 e. The van der Waals surface area contributed by atoms with Gasteiger partial charge in [-0.3, -0.25) is 0 Å². The van der Waals surface area contributed by atoms with E-state index in [1.165, 1.54) is 12.3 Å². The summed E-state index contributed by atoms with van der Waals surface area (Å²) in [6, 6.07) is 3.19. The van der Waals surface area contributed by atoms with Crippen LogP contribution >= 0.6 is 0 Å². The Bertz CT molecular complexity index is 882. The number of nitrogens with two attached hydrogens (primary N) is 2. The van der Waals surface area contributed by atoms with Crippen molar-refractivity contribution in [3.63, 3.8) is 0 Å². The first-order chi connectivity index (χ1) is 13.0. The number of anilines is 1. The number of halogens is 1. The lowest BCUT2D eigenvalue weighted by molar-refractivity contribution is 0.149. The van der Waals surface area contributed by atoms with Crippen molar-refractivity contribution >= 4 is 23.4 Å². The van der Waals surface area contributed by atoms with Gasteiger partial charge in [-0.2, -0.15) is 0 Å². The van der Waals surface area contributed by atoms with E-state index in [-0.39, 0.29) is 18.0 Å². The zero-order valence-corrected chi connectivity index (χ0v) is 14.4. The molecular formula is C17H18FN7O2. The summed E-state index contributed by atoms with van der Waals surface area (Å²) < 4.78 is 19.6. The number of guanidine groups is 1. The number of carbonyl (C=O) groups excluding carboxylic acids is 1. The molecule has 1 aliphatic heterocycles. The first-order valence-corrected chi connectivity index (χ1v) is 8.15. The summed E-state index contributed by atoms with van der Waals surface area (Å²) in [4.78, 5) is 28.9. The van der Waals surface area contributed by atoms with Gasteiger partial charge in [-0.25, -0.2) is 24.1 Å². The highest BCUT2D eigenvalue weighted by Gasteiger charge is 2.20. The Morgan fingerprint density at radius 3 is 2.70 bits per heavy atom. The van der Waals surface area contributed by atoms with Gasteiger partial charge in [0.25, 0.3) is 0 Å². The summed E-state index contributed by atoms with van der Waals surface area (Å²) in [5.41, 5.74) is 11.4. The van der Waals surface area contributed by atoms with Gasteiger partial charge >= 0.3 is 6.09 Å². The second-order valence-corrected chi connectivity index (χ2v) is 5.70. The third kappa shape index (κ3) is 4.54. The zero-order valence-electron chi connectivity index (χ0n) is 14.4. The van der Waals surface area contributed by atoms with Crippen LogP contribution < -0.4 is 16.4 Å². The van der Waals surface area contributed by atoms with Gasteiger partial charge < -0.3 is 21.1 Å². The molecule has 27 heavy (non-hydrogen) atoms. The van der Waals surface area contributed by atoms with Crippen LogP contribution in [0.5, 0.6) is 0 Å². The summed E-state index contributed by atoms with van der Waals surface area (Å²) in [6.07, 6.45) is 6.46. The van der Waals surface area contributed by atoms with Crippen LogP contribution in [0.2, 0.25) is 0 Å². The topological polar surface area (TPSA) is 133 Å². The Labute approximate surface area is 154 Å². The summed E-state index contributed by atoms with van der Waals surface area (Å²) in [5.74, 6) is -0.113. The second kappa shape index (κ2) is 8.21. The summed E-state index contributed by atoms with van der Waals surface area (Å²) in [6.45, 7) is 0.726. The Hall–Kier alpha value is -3.56. The van der Waals surface area contributed by atoms with Crippen molar-refractivity contribution in [3.05, 3.63) is 54.0 Å². The molecule has 0 fully saturated rings. The first-order valence-electron chi connectivity index (χ1n) is 8.15. The molecule has 0 radical (unpaired) electrons. The van der Waals surface area contributed by atoms with Crippen LogP contribution in [-0.2, 0) is 11.3 Å². The summed E-state index contributed by atoms with van der Waals surface area (Å²) in [7, 11) is 0. The number of carbonyl (C=O) groups is 1. The van der Waals surface area contributed by atoms with Crippen LogP contribution in [0.15, 0.2) is 41.8 Å². The van der Waals surface area contributed by atoms with Gasteiger partial charge in [-0.05, 0) is 24.1 Å². The van der Waals surface area contributed by atoms with Crippen LogP contribution in [0, 0.1) is 5.82 Å². The van der Waals surface area contributed by atoms with Crippen LogP contribution in [0.3, 0.4) is 0 Å². The van der Waals surface area contributed by atoms with E-state index in [9.17, 15) is 9.18 Å². The minimum atomic E-state index is -0.985.